The second kappa shape index (κ2) is 9.30. The fraction of sp³-hybridized carbons (Fsp3) is 0.227. The van der Waals surface area contributed by atoms with Crippen molar-refractivity contribution in [2.24, 2.45) is 0 Å². The number of hydrogen-bond acceptors (Lipinski definition) is 4. The molecule has 31 heavy (non-hydrogen) atoms. The molecule has 0 spiro atoms. The van der Waals surface area contributed by atoms with Gasteiger partial charge in [0.2, 0.25) is 0 Å². The Kier molecular flexibility index (Phi) is 6.74. The highest BCUT2D eigenvalue weighted by Gasteiger charge is 2.39. The monoisotopic (exact) mass is 447 g/mol. The maximum atomic E-state index is 12.8. The number of amides is 2. The van der Waals surface area contributed by atoms with Crippen LogP contribution in [-0.4, -0.2) is 33.9 Å². The van der Waals surface area contributed by atoms with E-state index in [1.165, 1.54) is 23.5 Å². The molecule has 0 unspecified atom stereocenters. The van der Waals surface area contributed by atoms with Crippen LogP contribution in [0.1, 0.15) is 29.8 Å². The van der Waals surface area contributed by atoms with Gasteiger partial charge in [-0.15, -0.1) is 11.3 Å². The molecule has 5 nitrogen and oxygen atoms in total. The molecular weight excluding hydrogens is 427 g/mol. The van der Waals surface area contributed by atoms with E-state index in [4.69, 9.17) is 0 Å². The number of thiazole rings is 1. The largest absolute Gasteiger partial charge is 0.454 e. The molecule has 0 saturated carbocycles. The minimum Gasteiger partial charge on any atom is -0.318 e. The van der Waals surface area contributed by atoms with Gasteiger partial charge in [-0.25, -0.2) is 9.78 Å². The normalized spacial score (nSPS) is 11.4. The molecule has 1 aromatic heterocycles. The van der Waals surface area contributed by atoms with Crippen LogP contribution in [-0.2, 0) is 6.54 Å². The number of Topliss-reactive ketones (excluding diaryl/α,β-unsaturated/α-hetero) is 1. The molecule has 3 aromatic rings. The van der Waals surface area contributed by atoms with E-state index in [0.29, 0.717) is 12.2 Å². The van der Waals surface area contributed by atoms with Gasteiger partial charge in [0.1, 0.15) is 5.01 Å². The molecule has 1 N–H and O–H groups in total. The van der Waals surface area contributed by atoms with E-state index in [1.807, 2.05) is 43.5 Å². The van der Waals surface area contributed by atoms with Gasteiger partial charge in [0, 0.05) is 41.0 Å². The summed E-state index contributed by atoms with van der Waals surface area (Å²) < 4.78 is 37.6. The van der Waals surface area contributed by atoms with Gasteiger partial charge in [0.15, 0.2) is 0 Å². The van der Waals surface area contributed by atoms with E-state index in [-0.39, 0.29) is 6.04 Å². The van der Waals surface area contributed by atoms with Gasteiger partial charge in [0.25, 0.3) is 5.78 Å². The third-order valence-corrected chi connectivity index (χ3v) is 5.32. The summed E-state index contributed by atoms with van der Waals surface area (Å²) in [6.07, 6.45) is -3.21. The van der Waals surface area contributed by atoms with Crippen LogP contribution in [0.4, 0.5) is 23.7 Å². The average Bonchev–Trinajstić information content (AvgIpc) is 3.26. The SMILES string of the molecule is CC(C)N(Cc1cccc(-c2nccs2)c1)C(=O)Nc1ccc(C(=O)C(F)(F)F)cc1. The zero-order chi connectivity index (χ0) is 22.6. The number of ketones is 1. The predicted octanol–water partition coefficient (Wildman–Crippen LogP) is 6.00. The number of hydrogen-bond donors (Lipinski definition) is 1. The van der Waals surface area contributed by atoms with E-state index >= 15 is 0 Å². The molecule has 162 valence electrons. The van der Waals surface area contributed by atoms with Crippen molar-refractivity contribution in [2.75, 3.05) is 5.32 Å². The van der Waals surface area contributed by atoms with Gasteiger partial charge in [-0.05, 0) is 49.7 Å². The quantitative estimate of drug-likeness (QED) is 0.472. The number of anilines is 1. The number of halogens is 3. The van der Waals surface area contributed by atoms with Crippen LogP contribution in [0.3, 0.4) is 0 Å². The number of nitrogens with one attached hydrogen (secondary N) is 1. The van der Waals surface area contributed by atoms with Crippen LogP contribution in [0.15, 0.2) is 60.1 Å². The third-order valence-electron chi connectivity index (χ3n) is 4.50. The molecule has 0 aliphatic heterocycles. The van der Waals surface area contributed by atoms with Crippen molar-refractivity contribution in [1.29, 1.82) is 0 Å². The summed E-state index contributed by atoms with van der Waals surface area (Å²) in [6.45, 7) is 4.08. The molecule has 9 heteroatoms. The summed E-state index contributed by atoms with van der Waals surface area (Å²) in [5.41, 5.74) is 1.69. The van der Waals surface area contributed by atoms with E-state index in [0.717, 1.165) is 28.3 Å². The van der Waals surface area contributed by atoms with Crippen molar-refractivity contribution < 1.29 is 22.8 Å². The van der Waals surface area contributed by atoms with Crippen molar-refractivity contribution in [3.05, 3.63) is 71.2 Å². The van der Waals surface area contributed by atoms with Crippen LogP contribution in [0.5, 0.6) is 0 Å². The van der Waals surface area contributed by atoms with Crippen LogP contribution in [0.2, 0.25) is 0 Å². The fourth-order valence-electron chi connectivity index (χ4n) is 2.92. The molecule has 0 fully saturated rings. The average molecular weight is 447 g/mol. The number of urea groups is 1. The smallest absolute Gasteiger partial charge is 0.318 e. The highest BCUT2D eigenvalue weighted by molar-refractivity contribution is 7.13. The van der Waals surface area contributed by atoms with Crippen LogP contribution >= 0.6 is 11.3 Å². The fourth-order valence-corrected chi connectivity index (χ4v) is 3.55. The Balaban J connectivity index is 1.71. The van der Waals surface area contributed by atoms with Gasteiger partial charge in [0.05, 0.1) is 0 Å². The first-order chi connectivity index (χ1) is 14.6. The molecule has 0 radical (unpaired) electrons. The lowest BCUT2D eigenvalue weighted by atomic mass is 10.1. The number of benzene rings is 2. The lowest BCUT2D eigenvalue weighted by Crippen LogP contribution is -2.39. The topological polar surface area (TPSA) is 62.3 Å². The van der Waals surface area contributed by atoms with Crippen molar-refractivity contribution in [3.8, 4) is 10.6 Å². The highest BCUT2D eigenvalue weighted by atomic mass is 32.1. The minimum atomic E-state index is -4.94. The Morgan fingerprint density at radius 3 is 2.42 bits per heavy atom. The van der Waals surface area contributed by atoms with Gasteiger partial charge in [-0.3, -0.25) is 4.79 Å². The molecule has 0 aliphatic rings. The Bertz CT molecular complexity index is 1050. The van der Waals surface area contributed by atoms with Gasteiger partial charge < -0.3 is 10.2 Å². The van der Waals surface area contributed by atoms with E-state index in [9.17, 15) is 22.8 Å². The molecule has 2 aromatic carbocycles. The lowest BCUT2D eigenvalue weighted by Gasteiger charge is -2.27. The second-order valence-electron chi connectivity index (χ2n) is 7.09. The van der Waals surface area contributed by atoms with E-state index in [1.54, 1.807) is 11.1 Å². The molecule has 0 bridgehead atoms. The van der Waals surface area contributed by atoms with Crippen molar-refractivity contribution in [1.82, 2.24) is 9.88 Å². The number of carbonyl (C=O) groups excluding carboxylic acids is 2. The van der Waals surface area contributed by atoms with Crippen LogP contribution in [0, 0.1) is 0 Å². The zero-order valence-corrected chi connectivity index (χ0v) is 17.6. The zero-order valence-electron chi connectivity index (χ0n) is 16.8. The van der Waals surface area contributed by atoms with E-state index in [2.05, 4.69) is 10.3 Å². The number of alkyl halides is 3. The third kappa shape index (κ3) is 5.69. The highest BCUT2D eigenvalue weighted by Crippen LogP contribution is 2.24. The van der Waals surface area contributed by atoms with Crippen molar-refractivity contribution in [2.45, 2.75) is 32.6 Å². The number of rotatable bonds is 6. The molecule has 0 saturated heterocycles. The van der Waals surface area contributed by atoms with Gasteiger partial charge in [-0.1, -0.05) is 18.2 Å². The Morgan fingerprint density at radius 1 is 1.13 bits per heavy atom. The molecule has 2 amide bonds. The van der Waals surface area contributed by atoms with E-state index < -0.39 is 23.6 Å². The summed E-state index contributed by atoms with van der Waals surface area (Å²) in [4.78, 5) is 30.0. The first-order valence-electron chi connectivity index (χ1n) is 9.43. The number of aromatic nitrogens is 1. The summed E-state index contributed by atoms with van der Waals surface area (Å²) in [6, 6.07) is 11.8. The Morgan fingerprint density at radius 2 is 1.84 bits per heavy atom. The predicted molar refractivity (Wildman–Crippen MR) is 114 cm³/mol. The van der Waals surface area contributed by atoms with Gasteiger partial charge in [-0.2, -0.15) is 13.2 Å². The molecule has 0 atom stereocenters. The maximum Gasteiger partial charge on any atom is 0.454 e. The van der Waals surface area contributed by atoms with Crippen molar-refractivity contribution in [3.63, 3.8) is 0 Å². The standard InChI is InChI=1S/C22H20F3N3O2S/c1-14(2)28(13-15-4-3-5-17(12-15)20-26-10-11-31-20)21(30)27-18-8-6-16(7-9-18)19(29)22(23,24)25/h3-12,14H,13H2,1-2H3,(H,27,30). The number of carbonyl (C=O) groups is 2. The summed E-state index contributed by atoms with van der Waals surface area (Å²) in [5, 5.41) is 5.45. The van der Waals surface area contributed by atoms with Crippen LogP contribution < -0.4 is 5.32 Å². The lowest BCUT2D eigenvalue weighted by molar-refractivity contribution is -0.0885. The summed E-state index contributed by atoms with van der Waals surface area (Å²) >= 11 is 1.52. The molecular formula is C22H20F3N3O2S. The Labute approximate surface area is 181 Å². The summed E-state index contributed by atoms with van der Waals surface area (Å²) in [7, 11) is 0. The van der Waals surface area contributed by atoms with Crippen LogP contribution in [0.25, 0.3) is 10.6 Å². The van der Waals surface area contributed by atoms with Crippen molar-refractivity contribution >= 4 is 28.8 Å². The number of nitrogens with zero attached hydrogens (tertiary/aromatic N) is 2. The minimum absolute atomic E-state index is 0.130. The second-order valence-corrected chi connectivity index (χ2v) is 7.99. The maximum absolute atomic E-state index is 12.8. The molecule has 1 heterocycles. The Hall–Kier alpha value is -3.20. The first kappa shape index (κ1) is 22.5. The first-order valence-corrected chi connectivity index (χ1v) is 10.3. The summed E-state index contributed by atoms with van der Waals surface area (Å²) in [5.74, 6) is -1.92. The van der Waals surface area contributed by atoms with Gasteiger partial charge >= 0.3 is 12.2 Å². The molecule has 3 rings (SSSR count). The molecule has 0 aliphatic carbocycles.